The Morgan fingerprint density at radius 1 is 0.560 bits per heavy atom. The summed E-state index contributed by atoms with van der Waals surface area (Å²) in [5, 5.41) is 0. The van der Waals surface area contributed by atoms with E-state index in [2.05, 4.69) is 13.8 Å². The first kappa shape index (κ1) is 24.8. The van der Waals surface area contributed by atoms with Gasteiger partial charge in [0, 0.05) is 35.0 Å². The Balaban J connectivity index is 5.15. The summed E-state index contributed by atoms with van der Waals surface area (Å²) in [6, 6.07) is 0. The lowest BCUT2D eigenvalue weighted by Gasteiger charge is -2.47. The molecule has 0 amide bonds. The van der Waals surface area contributed by atoms with Crippen LogP contribution in [0.2, 0.25) is 0 Å². The fourth-order valence-corrected chi connectivity index (χ4v) is 4.05. The van der Waals surface area contributed by atoms with Gasteiger partial charge in [-0.2, -0.15) is 0 Å². The van der Waals surface area contributed by atoms with Crippen molar-refractivity contribution in [1.29, 1.82) is 0 Å². The van der Waals surface area contributed by atoms with E-state index in [4.69, 9.17) is 18.9 Å². The minimum atomic E-state index is -0.973. The van der Waals surface area contributed by atoms with Crippen molar-refractivity contribution >= 4 is 0 Å². The number of methoxy groups -OCH3 is 4. The summed E-state index contributed by atoms with van der Waals surface area (Å²) >= 11 is 0. The first-order valence-electron chi connectivity index (χ1n) is 10.3. The molecule has 0 aliphatic rings. The average Bonchev–Trinajstić information content (AvgIpc) is 2.64. The molecule has 0 rings (SSSR count). The van der Waals surface area contributed by atoms with Gasteiger partial charge in [-0.25, -0.2) is 0 Å². The van der Waals surface area contributed by atoms with Gasteiger partial charge in [-0.15, -0.1) is 0 Å². The maximum Gasteiger partial charge on any atom is 0.288 e. The summed E-state index contributed by atoms with van der Waals surface area (Å²) in [7, 11) is 6.86. The molecule has 0 aliphatic carbocycles. The molecule has 0 saturated heterocycles. The van der Waals surface area contributed by atoms with Gasteiger partial charge in [-0.1, -0.05) is 65.2 Å². The van der Waals surface area contributed by atoms with E-state index in [9.17, 15) is 0 Å². The molecule has 0 N–H and O–H groups in total. The summed E-state index contributed by atoms with van der Waals surface area (Å²) < 4.78 is 22.8. The first-order chi connectivity index (χ1) is 12.1. The highest BCUT2D eigenvalue weighted by atomic mass is 16.9. The van der Waals surface area contributed by atoms with E-state index >= 15 is 0 Å². The third-order valence-corrected chi connectivity index (χ3v) is 5.48. The third-order valence-electron chi connectivity index (χ3n) is 5.48. The van der Waals surface area contributed by atoms with E-state index in [1.807, 2.05) is 0 Å². The molecule has 0 spiro atoms. The van der Waals surface area contributed by atoms with Crippen LogP contribution in [-0.4, -0.2) is 41.0 Å². The maximum atomic E-state index is 5.84. The van der Waals surface area contributed by atoms with Gasteiger partial charge in [0.15, 0.2) is 0 Å². The van der Waals surface area contributed by atoms with Crippen LogP contribution < -0.4 is 0 Å². The SMILES string of the molecule is CCCCCCCCC(CCCC)(CCCOC)C(OC)(OC)OC. The molecule has 0 aromatic carbocycles. The van der Waals surface area contributed by atoms with Crippen LogP contribution in [0.1, 0.15) is 90.9 Å². The Bertz CT molecular complexity index is 283. The Morgan fingerprint density at radius 3 is 1.56 bits per heavy atom. The van der Waals surface area contributed by atoms with Gasteiger partial charge < -0.3 is 18.9 Å². The van der Waals surface area contributed by atoms with Gasteiger partial charge in [-0.3, -0.25) is 0 Å². The Kier molecular flexibility index (Phi) is 14.9. The molecule has 1 unspecified atom stereocenters. The second-order valence-corrected chi connectivity index (χ2v) is 7.17. The first-order valence-corrected chi connectivity index (χ1v) is 10.3. The van der Waals surface area contributed by atoms with Crippen molar-refractivity contribution in [3.8, 4) is 0 Å². The van der Waals surface area contributed by atoms with Gasteiger partial charge in [0.05, 0.1) is 5.41 Å². The number of unbranched alkanes of at least 4 members (excludes halogenated alkanes) is 6. The molecule has 0 aromatic rings. The van der Waals surface area contributed by atoms with E-state index in [0.29, 0.717) is 0 Å². The van der Waals surface area contributed by atoms with Crippen molar-refractivity contribution in [3.63, 3.8) is 0 Å². The summed E-state index contributed by atoms with van der Waals surface area (Å²) in [6.07, 6.45) is 14.2. The highest BCUT2D eigenvalue weighted by molar-refractivity contribution is 4.89. The summed E-state index contributed by atoms with van der Waals surface area (Å²) in [4.78, 5) is 0. The number of hydrogen-bond donors (Lipinski definition) is 0. The van der Waals surface area contributed by atoms with Crippen LogP contribution >= 0.6 is 0 Å². The van der Waals surface area contributed by atoms with E-state index in [1.165, 1.54) is 38.5 Å². The molecule has 0 bridgehead atoms. The standard InChI is InChI=1S/C21H44O4/c1-7-9-11-12-13-14-17-20(16-10-8-2,18-15-19-22-3)21(23-4,24-5)25-6/h7-19H2,1-6H3. The molecule has 0 saturated carbocycles. The zero-order valence-corrected chi connectivity index (χ0v) is 17.8. The number of ether oxygens (including phenoxy) is 4. The minimum Gasteiger partial charge on any atom is -0.385 e. The minimum absolute atomic E-state index is 0.134. The monoisotopic (exact) mass is 360 g/mol. The van der Waals surface area contributed by atoms with Crippen LogP contribution in [0.4, 0.5) is 0 Å². The summed E-state index contributed by atoms with van der Waals surface area (Å²) in [5.74, 6) is -0.973. The summed E-state index contributed by atoms with van der Waals surface area (Å²) in [6.45, 7) is 5.26. The van der Waals surface area contributed by atoms with Crippen molar-refractivity contribution in [2.24, 2.45) is 5.41 Å². The van der Waals surface area contributed by atoms with Gasteiger partial charge in [0.2, 0.25) is 0 Å². The van der Waals surface area contributed by atoms with E-state index in [-0.39, 0.29) is 5.41 Å². The van der Waals surface area contributed by atoms with Crippen LogP contribution in [0, 0.1) is 5.41 Å². The Morgan fingerprint density at radius 2 is 1.04 bits per heavy atom. The Labute approximate surface area is 156 Å². The fourth-order valence-electron chi connectivity index (χ4n) is 4.05. The van der Waals surface area contributed by atoms with Gasteiger partial charge in [0.25, 0.3) is 5.97 Å². The Hall–Kier alpha value is -0.160. The largest absolute Gasteiger partial charge is 0.385 e. The molecule has 0 fully saturated rings. The molecule has 4 heteroatoms. The molecule has 0 aliphatic heterocycles. The lowest BCUT2D eigenvalue weighted by atomic mass is 9.72. The predicted molar refractivity (Wildman–Crippen MR) is 105 cm³/mol. The fraction of sp³-hybridized carbons (Fsp3) is 1.00. The average molecular weight is 361 g/mol. The highest BCUT2D eigenvalue weighted by Gasteiger charge is 2.52. The molecule has 25 heavy (non-hydrogen) atoms. The van der Waals surface area contributed by atoms with Gasteiger partial charge in [0.1, 0.15) is 0 Å². The number of hydrogen-bond acceptors (Lipinski definition) is 4. The van der Waals surface area contributed by atoms with Crippen LogP contribution in [0.15, 0.2) is 0 Å². The van der Waals surface area contributed by atoms with Crippen molar-refractivity contribution in [2.45, 2.75) is 96.9 Å². The molecule has 4 nitrogen and oxygen atoms in total. The van der Waals surface area contributed by atoms with Crippen LogP contribution in [-0.2, 0) is 18.9 Å². The smallest absolute Gasteiger partial charge is 0.288 e. The molecule has 0 radical (unpaired) electrons. The van der Waals surface area contributed by atoms with Crippen molar-refractivity contribution in [3.05, 3.63) is 0 Å². The predicted octanol–water partition coefficient (Wildman–Crippen LogP) is 5.93. The molecule has 1 atom stereocenters. The van der Waals surface area contributed by atoms with Crippen LogP contribution in [0.25, 0.3) is 0 Å². The quantitative estimate of drug-likeness (QED) is 0.224. The molecule has 0 aromatic heterocycles. The topological polar surface area (TPSA) is 36.9 Å². The molecule has 152 valence electrons. The lowest BCUT2D eigenvalue weighted by molar-refractivity contribution is -0.411. The molecule has 0 heterocycles. The molecular formula is C21H44O4. The zero-order chi connectivity index (χ0) is 19.0. The normalized spacial score (nSPS) is 14.6. The summed E-state index contributed by atoms with van der Waals surface area (Å²) in [5.41, 5.74) is -0.134. The van der Waals surface area contributed by atoms with Crippen LogP contribution in [0.3, 0.4) is 0 Å². The van der Waals surface area contributed by atoms with Crippen molar-refractivity contribution < 1.29 is 18.9 Å². The zero-order valence-electron chi connectivity index (χ0n) is 17.8. The van der Waals surface area contributed by atoms with Crippen LogP contribution in [0.5, 0.6) is 0 Å². The maximum absolute atomic E-state index is 5.84. The van der Waals surface area contributed by atoms with Gasteiger partial charge in [-0.05, 0) is 25.7 Å². The van der Waals surface area contributed by atoms with E-state index in [1.54, 1.807) is 28.4 Å². The van der Waals surface area contributed by atoms with E-state index < -0.39 is 5.97 Å². The van der Waals surface area contributed by atoms with E-state index in [0.717, 1.165) is 45.1 Å². The van der Waals surface area contributed by atoms with Crippen molar-refractivity contribution in [1.82, 2.24) is 0 Å². The van der Waals surface area contributed by atoms with Gasteiger partial charge >= 0.3 is 0 Å². The highest BCUT2D eigenvalue weighted by Crippen LogP contribution is 2.48. The molecular weight excluding hydrogens is 316 g/mol. The van der Waals surface area contributed by atoms with Crippen molar-refractivity contribution in [2.75, 3.05) is 35.0 Å². The number of rotatable bonds is 18. The lowest BCUT2D eigenvalue weighted by Crippen LogP contribution is -2.53. The second kappa shape index (κ2) is 15.0. The second-order valence-electron chi connectivity index (χ2n) is 7.17. The third kappa shape index (κ3) is 7.94.